The van der Waals surface area contributed by atoms with Crippen LogP contribution in [0.4, 0.5) is 5.69 Å². The van der Waals surface area contributed by atoms with Crippen molar-refractivity contribution in [2.45, 2.75) is 6.54 Å². The van der Waals surface area contributed by atoms with Crippen LogP contribution in [0.25, 0.3) is 21.5 Å². The Morgan fingerprint density at radius 1 is 0.875 bits per heavy atom. The molecule has 0 saturated carbocycles. The van der Waals surface area contributed by atoms with Crippen LogP contribution in [0.3, 0.4) is 0 Å². The molecule has 0 saturated heterocycles. The van der Waals surface area contributed by atoms with Crippen LogP contribution in [0, 0.1) is 0 Å². The second-order valence-electron chi connectivity index (χ2n) is 5.58. The van der Waals surface area contributed by atoms with E-state index < -0.39 is 0 Å². The van der Waals surface area contributed by atoms with E-state index in [0.717, 1.165) is 22.2 Å². The van der Waals surface area contributed by atoms with Crippen molar-refractivity contribution in [1.82, 2.24) is 5.32 Å². The zero-order valence-electron chi connectivity index (χ0n) is 13.0. The van der Waals surface area contributed by atoms with Gasteiger partial charge in [0.05, 0.1) is 18.5 Å². The first-order valence-electron chi connectivity index (χ1n) is 7.79. The van der Waals surface area contributed by atoms with Gasteiger partial charge in [0.2, 0.25) is 0 Å². The largest absolute Gasteiger partial charge is 0.467 e. The Morgan fingerprint density at radius 3 is 2.17 bits per heavy atom. The lowest BCUT2D eigenvalue weighted by atomic mass is 10.0. The van der Waals surface area contributed by atoms with Crippen LogP contribution in [0.2, 0.25) is 0 Å². The molecule has 0 bridgehead atoms. The summed E-state index contributed by atoms with van der Waals surface area (Å²) in [6, 6.07) is 22.6. The number of nitrogens with one attached hydrogen (secondary N) is 2. The smallest absolute Gasteiger partial charge is 0.171 e. The summed E-state index contributed by atoms with van der Waals surface area (Å²) >= 11 is 5.47. The normalized spacial score (nSPS) is 10.8. The summed E-state index contributed by atoms with van der Waals surface area (Å²) < 4.78 is 5.32. The lowest BCUT2D eigenvalue weighted by Crippen LogP contribution is -2.27. The van der Waals surface area contributed by atoms with Crippen LogP contribution in [0.15, 0.2) is 77.4 Å². The lowest BCUT2D eigenvalue weighted by molar-refractivity contribution is 0.503. The van der Waals surface area contributed by atoms with Gasteiger partial charge < -0.3 is 15.1 Å². The van der Waals surface area contributed by atoms with Gasteiger partial charge in [-0.3, -0.25) is 0 Å². The molecular formula is C20H16N2OS. The third-order valence-electron chi connectivity index (χ3n) is 4.01. The van der Waals surface area contributed by atoms with Crippen molar-refractivity contribution in [3.8, 4) is 0 Å². The highest BCUT2D eigenvalue weighted by molar-refractivity contribution is 7.80. The number of thiocarbonyl (C=S) groups is 1. The molecule has 0 spiro atoms. The summed E-state index contributed by atoms with van der Waals surface area (Å²) in [6.45, 7) is 0.557. The van der Waals surface area contributed by atoms with E-state index in [-0.39, 0.29) is 0 Å². The minimum Gasteiger partial charge on any atom is -0.467 e. The molecule has 0 radical (unpaired) electrons. The van der Waals surface area contributed by atoms with Crippen molar-refractivity contribution < 1.29 is 4.42 Å². The fourth-order valence-electron chi connectivity index (χ4n) is 2.89. The molecule has 2 N–H and O–H groups in total. The third-order valence-corrected chi connectivity index (χ3v) is 4.26. The van der Waals surface area contributed by atoms with E-state index in [0.29, 0.717) is 11.7 Å². The topological polar surface area (TPSA) is 37.2 Å². The van der Waals surface area contributed by atoms with Crippen LogP contribution >= 0.6 is 12.2 Å². The molecule has 3 aromatic carbocycles. The van der Waals surface area contributed by atoms with Gasteiger partial charge in [0.25, 0.3) is 0 Å². The molecular weight excluding hydrogens is 316 g/mol. The first-order chi connectivity index (χ1) is 11.8. The molecule has 0 aliphatic carbocycles. The van der Waals surface area contributed by atoms with Gasteiger partial charge in [-0.05, 0) is 41.2 Å². The maximum Gasteiger partial charge on any atom is 0.171 e. The first-order valence-corrected chi connectivity index (χ1v) is 8.20. The molecule has 4 heteroatoms. The highest BCUT2D eigenvalue weighted by atomic mass is 32.1. The Hall–Kier alpha value is -2.85. The number of furan rings is 1. The zero-order chi connectivity index (χ0) is 16.4. The number of anilines is 1. The molecule has 0 fully saturated rings. The molecule has 0 atom stereocenters. The van der Waals surface area contributed by atoms with Crippen molar-refractivity contribution >= 4 is 44.6 Å². The lowest BCUT2D eigenvalue weighted by Gasteiger charge is -2.15. The third kappa shape index (κ3) is 2.84. The van der Waals surface area contributed by atoms with E-state index in [4.69, 9.17) is 16.6 Å². The summed E-state index contributed by atoms with van der Waals surface area (Å²) in [7, 11) is 0. The Morgan fingerprint density at radius 2 is 1.54 bits per heavy atom. The maximum absolute atomic E-state index is 5.47. The van der Waals surface area contributed by atoms with Crippen LogP contribution < -0.4 is 10.6 Å². The number of rotatable bonds is 3. The predicted molar refractivity (Wildman–Crippen MR) is 103 cm³/mol. The molecule has 24 heavy (non-hydrogen) atoms. The summed E-state index contributed by atoms with van der Waals surface area (Å²) in [5, 5.41) is 11.8. The molecule has 4 rings (SSSR count). The van der Waals surface area contributed by atoms with Gasteiger partial charge in [-0.1, -0.05) is 48.5 Å². The predicted octanol–water partition coefficient (Wildman–Crippen LogP) is 5.07. The quantitative estimate of drug-likeness (QED) is 0.405. The van der Waals surface area contributed by atoms with E-state index in [1.807, 2.05) is 36.4 Å². The number of hydrogen-bond acceptors (Lipinski definition) is 2. The van der Waals surface area contributed by atoms with Crippen molar-refractivity contribution in [2.75, 3.05) is 5.32 Å². The standard InChI is InChI=1S/C20H16N2OS/c24-20(21-13-16-8-5-11-23-16)22-19-17-9-3-1-6-14(17)12-15-7-2-4-10-18(15)19/h1-12H,13H2,(H2,21,22,24). The van der Waals surface area contributed by atoms with Gasteiger partial charge in [-0.15, -0.1) is 0 Å². The molecule has 118 valence electrons. The number of hydrogen-bond donors (Lipinski definition) is 2. The van der Waals surface area contributed by atoms with Gasteiger partial charge in [0.15, 0.2) is 5.11 Å². The van der Waals surface area contributed by atoms with Crippen LogP contribution in [-0.4, -0.2) is 5.11 Å². The van der Waals surface area contributed by atoms with Crippen LogP contribution in [0.5, 0.6) is 0 Å². The van der Waals surface area contributed by atoms with Gasteiger partial charge in [-0.25, -0.2) is 0 Å². The molecule has 1 aromatic heterocycles. The van der Waals surface area contributed by atoms with Gasteiger partial charge in [-0.2, -0.15) is 0 Å². The molecule has 0 unspecified atom stereocenters. The van der Waals surface area contributed by atoms with E-state index in [9.17, 15) is 0 Å². The SMILES string of the molecule is S=C(NCc1ccco1)Nc1c2ccccc2cc2ccccc12. The summed E-state index contributed by atoms with van der Waals surface area (Å²) in [5.74, 6) is 0.849. The van der Waals surface area contributed by atoms with Gasteiger partial charge >= 0.3 is 0 Å². The molecule has 0 aliphatic heterocycles. The van der Waals surface area contributed by atoms with Crippen LogP contribution in [-0.2, 0) is 6.54 Å². The number of benzene rings is 3. The Balaban J connectivity index is 1.69. The molecule has 0 amide bonds. The average Bonchev–Trinajstić information content (AvgIpc) is 3.13. The maximum atomic E-state index is 5.47. The fourth-order valence-corrected chi connectivity index (χ4v) is 3.06. The van der Waals surface area contributed by atoms with Crippen LogP contribution in [0.1, 0.15) is 5.76 Å². The zero-order valence-corrected chi connectivity index (χ0v) is 13.8. The van der Waals surface area contributed by atoms with E-state index >= 15 is 0 Å². The summed E-state index contributed by atoms with van der Waals surface area (Å²) in [4.78, 5) is 0. The minimum atomic E-state index is 0.557. The average molecular weight is 332 g/mol. The second-order valence-corrected chi connectivity index (χ2v) is 5.99. The minimum absolute atomic E-state index is 0.557. The molecule has 3 nitrogen and oxygen atoms in total. The highest BCUT2D eigenvalue weighted by Crippen LogP contribution is 2.32. The van der Waals surface area contributed by atoms with E-state index in [1.54, 1.807) is 6.26 Å². The Labute approximate surface area is 145 Å². The highest BCUT2D eigenvalue weighted by Gasteiger charge is 2.09. The van der Waals surface area contributed by atoms with Gasteiger partial charge in [0, 0.05) is 10.8 Å². The number of fused-ring (bicyclic) bond motifs is 2. The Bertz CT molecular complexity index is 955. The first kappa shape index (κ1) is 14.7. The van der Waals surface area contributed by atoms with Crippen molar-refractivity contribution in [3.05, 3.63) is 78.8 Å². The molecule has 0 aliphatic rings. The van der Waals surface area contributed by atoms with E-state index in [2.05, 4.69) is 41.0 Å². The Kier molecular flexibility index (Phi) is 3.89. The fraction of sp³-hybridized carbons (Fsp3) is 0.0500. The molecule has 4 aromatic rings. The summed E-state index contributed by atoms with van der Waals surface area (Å²) in [5.41, 5.74) is 1.03. The van der Waals surface area contributed by atoms with E-state index in [1.165, 1.54) is 10.8 Å². The molecule has 1 heterocycles. The monoisotopic (exact) mass is 332 g/mol. The summed E-state index contributed by atoms with van der Waals surface area (Å²) in [6.07, 6.45) is 1.66. The van der Waals surface area contributed by atoms with Crippen molar-refractivity contribution in [1.29, 1.82) is 0 Å². The van der Waals surface area contributed by atoms with Gasteiger partial charge in [0.1, 0.15) is 5.76 Å². The van der Waals surface area contributed by atoms with Crippen molar-refractivity contribution in [2.24, 2.45) is 0 Å². The second kappa shape index (κ2) is 6.34. The van der Waals surface area contributed by atoms with Crippen molar-refractivity contribution in [3.63, 3.8) is 0 Å².